The molecule has 0 fully saturated rings. The van der Waals surface area contributed by atoms with E-state index in [1.165, 1.54) is 62.8 Å². The average Bonchev–Trinajstić information content (AvgIpc) is 1.63. The number of fused-ring (bicyclic) bond motifs is 6. The van der Waals surface area contributed by atoms with Crippen LogP contribution in [0.2, 0.25) is 0 Å². The first-order valence-electron chi connectivity index (χ1n) is 25.5. The van der Waals surface area contributed by atoms with Gasteiger partial charge in [0.05, 0.1) is 33.1 Å². The number of nitrogens with one attached hydrogen (secondary N) is 1. The minimum Gasteiger partial charge on any atom is -0.481 e. The van der Waals surface area contributed by atoms with Crippen molar-refractivity contribution in [2.45, 2.75) is 76.4 Å². The van der Waals surface area contributed by atoms with E-state index in [0.717, 1.165) is 12.1 Å². The predicted octanol–water partition coefficient (Wildman–Crippen LogP) is 5.47. The van der Waals surface area contributed by atoms with Gasteiger partial charge in [0.25, 0.3) is 66.6 Å². The third-order valence-corrected chi connectivity index (χ3v) is 19.8. The van der Waals surface area contributed by atoms with Gasteiger partial charge in [0.2, 0.25) is 5.69 Å². The number of allylic oxidation sites excluding steroid dienone is 6. The Morgan fingerprint density at radius 2 is 1.13 bits per heavy atom. The van der Waals surface area contributed by atoms with Crippen LogP contribution in [0.5, 0.6) is 0 Å². The highest BCUT2D eigenvalue weighted by Crippen LogP contribution is 2.54. The van der Waals surface area contributed by atoms with Crippen molar-refractivity contribution in [2.24, 2.45) is 0 Å². The fraction of sp³-hybridized carbons (Fsp3) is 0.340. The van der Waals surface area contributed by atoms with E-state index in [1.807, 2.05) is 0 Å². The van der Waals surface area contributed by atoms with Crippen LogP contribution in [0.4, 0.5) is 11.4 Å². The zero-order chi connectivity index (χ0) is 63.0. The number of carbonyl (C=O) groups excluding carboxylic acids is 1. The predicted molar refractivity (Wildman–Crippen MR) is 310 cm³/mol. The number of methoxy groups -OCH3 is 2. The zero-order valence-electron chi connectivity index (χ0n) is 45.7. The molecule has 26 nitrogen and oxygen atoms in total. The van der Waals surface area contributed by atoms with Crippen LogP contribution < -0.4 is 10.2 Å². The molecule has 0 aliphatic carbocycles. The molecule has 7 rings (SSSR count). The van der Waals surface area contributed by atoms with Gasteiger partial charge >= 0.3 is 5.97 Å². The second kappa shape index (κ2) is 24.8. The fourth-order valence-corrected chi connectivity index (χ4v) is 14.6. The van der Waals surface area contributed by atoms with Crippen LogP contribution in [0.25, 0.3) is 27.1 Å². The number of aliphatic carboxylic acids is 1. The summed E-state index contributed by atoms with van der Waals surface area (Å²) in [6.07, 6.45) is 5.56. The van der Waals surface area contributed by atoms with E-state index < -0.39 is 115 Å². The minimum atomic E-state index is -5.21. The van der Waals surface area contributed by atoms with E-state index >= 15 is 0 Å². The molecule has 2 aliphatic heterocycles. The van der Waals surface area contributed by atoms with Crippen LogP contribution in [-0.4, -0.2) is 164 Å². The molecule has 32 heteroatoms. The summed E-state index contributed by atoms with van der Waals surface area (Å²) in [5.74, 6) is -3.29. The highest BCUT2D eigenvalue weighted by molar-refractivity contribution is 7.87. The molecule has 5 aromatic rings. The highest BCUT2D eigenvalue weighted by atomic mass is 32.2. The lowest BCUT2D eigenvalue weighted by Crippen LogP contribution is -2.33. The maximum absolute atomic E-state index is 13.2. The molecule has 85 heavy (non-hydrogen) atoms. The third-order valence-electron chi connectivity index (χ3n) is 14.8. The van der Waals surface area contributed by atoms with Crippen LogP contribution in [0.15, 0.2) is 122 Å². The van der Waals surface area contributed by atoms with Crippen LogP contribution in [0.1, 0.15) is 73.0 Å². The van der Waals surface area contributed by atoms with Crippen molar-refractivity contribution >= 4 is 117 Å². The van der Waals surface area contributed by atoms with E-state index in [-0.39, 0.29) is 120 Å². The Labute approximate surface area is 490 Å². The molecule has 0 radical (unpaired) electrons. The van der Waals surface area contributed by atoms with Crippen molar-refractivity contribution in [3.63, 3.8) is 0 Å². The summed E-state index contributed by atoms with van der Waals surface area (Å²) < 4.78 is 225. The second-order valence-electron chi connectivity index (χ2n) is 20.5. The average molecular weight is 1300 g/mol. The molecule has 0 saturated carbocycles. The number of benzene rings is 5. The standard InChI is InChI=1S/C53H59N3O23S6/c1-52(20-25-78-3)46(55(23-5-27-80(60,61)62)42-15-13-38-40(49(42)52)29-36(82(66,67)68)31-44(38)84(72,73)74)17-11-34(33-7-9-35(10-8-33)51(59)54-22-19-48(57)58)12-18-47-53(2,21-26-79-4)50-41-30-37(83(69,70)71)32-45(85(75,76)77)39(41)14-16-43(50)56(47)24-6-28-81(63,64)65/h7-18,29-32H,5-6,19-28H2,1-4H3,(H7-,54,57,58,59,60,61,62,63,64,65,66,67,68,69,70,71,72,73,74,75,76,77)/p+1. The van der Waals surface area contributed by atoms with E-state index in [9.17, 15) is 87.4 Å². The van der Waals surface area contributed by atoms with Gasteiger partial charge in [0, 0.05) is 97.8 Å². The van der Waals surface area contributed by atoms with Crippen LogP contribution in [0, 0.1) is 0 Å². The molecule has 2 heterocycles. The summed E-state index contributed by atoms with van der Waals surface area (Å²) in [4.78, 5) is 22.5. The number of carboxylic acids is 1. The van der Waals surface area contributed by atoms with Crippen molar-refractivity contribution in [3.8, 4) is 0 Å². The molecule has 460 valence electrons. The monoisotopic (exact) mass is 1300 g/mol. The molecule has 0 spiro atoms. The lowest BCUT2D eigenvalue weighted by Gasteiger charge is -2.30. The van der Waals surface area contributed by atoms with Gasteiger partial charge in [-0.1, -0.05) is 24.3 Å². The largest absolute Gasteiger partial charge is 0.481 e. The van der Waals surface area contributed by atoms with E-state index in [0.29, 0.717) is 29.1 Å². The fourth-order valence-electron chi connectivity index (χ4n) is 10.9. The smallest absolute Gasteiger partial charge is 0.305 e. The number of anilines is 1. The minimum absolute atomic E-state index is 0.0252. The Bertz CT molecular complexity index is 4390. The van der Waals surface area contributed by atoms with Crippen LogP contribution in [0.3, 0.4) is 0 Å². The first-order valence-corrected chi connectivity index (χ1v) is 34.5. The topological polar surface area (TPSA) is 417 Å². The molecule has 2 unspecified atom stereocenters. The van der Waals surface area contributed by atoms with E-state index in [1.54, 1.807) is 47.6 Å². The van der Waals surface area contributed by atoms with Crippen molar-refractivity contribution in [2.75, 3.05) is 63.5 Å². The van der Waals surface area contributed by atoms with Crippen molar-refractivity contribution in [1.29, 1.82) is 0 Å². The summed E-state index contributed by atoms with van der Waals surface area (Å²) in [7, 11) is -27.1. The molecule has 8 N–H and O–H groups in total. The molecule has 5 aromatic carbocycles. The van der Waals surface area contributed by atoms with Crippen molar-refractivity contribution < 1.29 is 107 Å². The Kier molecular flexibility index (Phi) is 19.3. The molecule has 0 saturated heterocycles. The zero-order valence-corrected chi connectivity index (χ0v) is 50.6. The molecular formula is C53H60N3O23S6+. The summed E-state index contributed by atoms with van der Waals surface area (Å²) in [5, 5.41) is 11.2. The quantitative estimate of drug-likeness (QED) is 0.0193. The molecule has 2 atom stereocenters. The normalized spacial score (nSPS) is 18.5. The number of ether oxygens (including phenoxy) is 2. The lowest BCUT2D eigenvalue weighted by molar-refractivity contribution is -0.437. The van der Waals surface area contributed by atoms with Crippen molar-refractivity contribution in [3.05, 3.63) is 125 Å². The highest BCUT2D eigenvalue weighted by Gasteiger charge is 2.50. The first kappa shape index (κ1) is 66.2. The number of hydrogen-bond acceptors (Lipinski definition) is 17. The first-order chi connectivity index (χ1) is 39.3. The van der Waals surface area contributed by atoms with Crippen molar-refractivity contribution in [1.82, 2.24) is 5.32 Å². The van der Waals surface area contributed by atoms with Gasteiger partial charge in [-0.2, -0.15) is 55.1 Å². The number of carboxylic acid groups (broad SMARTS) is 1. The summed E-state index contributed by atoms with van der Waals surface area (Å²) in [5.41, 5.74) is -0.423. The van der Waals surface area contributed by atoms with Gasteiger partial charge in [0.1, 0.15) is 16.3 Å². The Hall–Kier alpha value is -6.37. The van der Waals surface area contributed by atoms with Gasteiger partial charge < -0.3 is 24.8 Å². The summed E-state index contributed by atoms with van der Waals surface area (Å²) in [6.45, 7) is 2.75. The van der Waals surface area contributed by atoms with E-state index in [4.69, 9.17) is 14.6 Å². The lowest BCUT2D eigenvalue weighted by atomic mass is 9.74. The maximum Gasteiger partial charge on any atom is 0.305 e. The van der Waals surface area contributed by atoms with Gasteiger partial charge in [-0.25, -0.2) is 0 Å². The van der Waals surface area contributed by atoms with Gasteiger partial charge in [-0.3, -0.25) is 36.9 Å². The number of rotatable bonds is 26. The molecule has 1 amide bonds. The molecule has 0 bridgehead atoms. The van der Waals surface area contributed by atoms with Gasteiger partial charge in [0.15, 0.2) is 5.71 Å². The summed E-state index contributed by atoms with van der Waals surface area (Å²) >= 11 is 0. The van der Waals surface area contributed by atoms with E-state index in [2.05, 4.69) is 5.32 Å². The maximum atomic E-state index is 13.2. The SMILES string of the molecule is COCCC1(C)C(/C=C/C(=C/C=C2/N(CCCS(=O)(=O)O)c3ccc4c(S(=O)(=O)O)cc(S(=O)(=O)O)cc4c3C2(C)CCOC)c2ccc(C(=O)NCCC(=O)O)cc2)=[N+](CCCS(=O)(=O)O)c2ccc3c(S(=O)(=O)O)cc(S(=O)(=O)O)cc3c21. The Morgan fingerprint density at radius 1 is 0.624 bits per heavy atom. The number of amides is 1. The Morgan fingerprint density at radius 3 is 1.64 bits per heavy atom. The van der Waals surface area contributed by atoms with Crippen LogP contribution in [-0.2, 0) is 85.8 Å². The van der Waals surface area contributed by atoms with Gasteiger partial charge in [-0.15, -0.1) is 0 Å². The van der Waals surface area contributed by atoms with Gasteiger partial charge in [-0.05, 0) is 121 Å². The Balaban J connectivity index is 1.57. The number of nitrogens with zero attached hydrogens (tertiary/aromatic N) is 2. The second-order valence-corrected chi connectivity index (χ2v) is 29.2. The summed E-state index contributed by atoms with van der Waals surface area (Å²) in [6, 6.07) is 14.6. The van der Waals surface area contributed by atoms with Crippen LogP contribution >= 0.6 is 0 Å². The molecule has 2 aliphatic rings. The number of carbonyl (C=O) groups is 2. The third kappa shape index (κ3) is 14.7. The molecule has 0 aromatic heterocycles. The number of hydrogen-bond donors (Lipinski definition) is 8. The molecular weight excluding hydrogens is 1240 g/mol.